The molecule has 1 aromatic rings. The molecule has 0 spiro atoms. The summed E-state index contributed by atoms with van der Waals surface area (Å²) < 4.78 is 11.2. The normalized spacial score (nSPS) is 25.8. The molecule has 2 aliphatic carbocycles. The van der Waals surface area contributed by atoms with Gasteiger partial charge in [0.1, 0.15) is 11.9 Å². The smallest absolute Gasteiger partial charge is 0.334 e. The Morgan fingerprint density at radius 1 is 1.07 bits per heavy atom. The Labute approximate surface area is 168 Å². The number of hydrogen-bond donors (Lipinski definition) is 0. The fourth-order valence-corrected chi connectivity index (χ4v) is 4.66. The van der Waals surface area contributed by atoms with Crippen LogP contribution in [0.4, 0.5) is 0 Å². The fourth-order valence-electron chi connectivity index (χ4n) is 4.66. The summed E-state index contributed by atoms with van der Waals surface area (Å²) in [6.07, 6.45) is 6.19. The molecule has 1 fully saturated rings. The summed E-state index contributed by atoms with van der Waals surface area (Å²) in [5.74, 6) is 1.51. The minimum absolute atomic E-state index is 0.0221. The number of ether oxygens (including phenoxy) is 2. The van der Waals surface area contributed by atoms with Crippen molar-refractivity contribution in [2.75, 3.05) is 7.11 Å². The molecular formula is C24H32O4. The van der Waals surface area contributed by atoms with Crippen molar-refractivity contribution in [3.05, 3.63) is 41.5 Å². The molecule has 152 valence electrons. The number of methoxy groups -OCH3 is 1. The van der Waals surface area contributed by atoms with Crippen molar-refractivity contribution in [2.45, 2.75) is 70.8 Å². The van der Waals surface area contributed by atoms with Crippen LogP contribution in [-0.2, 0) is 19.7 Å². The Morgan fingerprint density at radius 2 is 1.79 bits per heavy atom. The second kappa shape index (κ2) is 8.50. The van der Waals surface area contributed by atoms with Crippen molar-refractivity contribution < 1.29 is 19.1 Å². The van der Waals surface area contributed by atoms with Gasteiger partial charge in [0.15, 0.2) is 5.78 Å². The molecule has 0 aliphatic heterocycles. The van der Waals surface area contributed by atoms with Gasteiger partial charge in [-0.2, -0.15) is 0 Å². The highest BCUT2D eigenvalue weighted by Crippen LogP contribution is 2.43. The van der Waals surface area contributed by atoms with Gasteiger partial charge in [-0.1, -0.05) is 32.9 Å². The highest BCUT2D eigenvalue weighted by molar-refractivity contribution is 6.00. The number of hydrogen-bond acceptors (Lipinski definition) is 4. The van der Waals surface area contributed by atoms with Crippen molar-refractivity contribution in [2.24, 2.45) is 11.8 Å². The first-order valence-corrected chi connectivity index (χ1v) is 10.4. The molecule has 4 heteroatoms. The van der Waals surface area contributed by atoms with E-state index in [-0.39, 0.29) is 23.3 Å². The van der Waals surface area contributed by atoms with Crippen molar-refractivity contribution in [1.82, 2.24) is 0 Å². The number of carbonyl (C=O) groups excluding carboxylic acids is 2. The molecule has 0 saturated heterocycles. The van der Waals surface area contributed by atoms with Crippen molar-refractivity contribution in [3.63, 3.8) is 0 Å². The van der Waals surface area contributed by atoms with Crippen LogP contribution >= 0.6 is 0 Å². The average Bonchev–Trinajstić information content (AvgIpc) is 2.67. The Bertz CT molecular complexity index is 744. The van der Waals surface area contributed by atoms with Gasteiger partial charge in [-0.25, -0.2) is 4.79 Å². The molecule has 0 N–H and O–H groups in total. The molecule has 0 heterocycles. The number of esters is 1. The molecule has 2 aliphatic rings. The van der Waals surface area contributed by atoms with E-state index in [2.05, 4.69) is 32.9 Å². The summed E-state index contributed by atoms with van der Waals surface area (Å²) in [5.41, 5.74) is 1.80. The van der Waals surface area contributed by atoms with Gasteiger partial charge < -0.3 is 9.47 Å². The lowest BCUT2D eigenvalue weighted by Gasteiger charge is -2.42. The van der Waals surface area contributed by atoms with E-state index in [0.717, 1.165) is 31.4 Å². The zero-order chi connectivity index (χ0) is 20.3. The number of carbonyl (C=O) groups is 2. The lowest BCUT2D eigenvalue weighted by Crippen LogP contribution is -2.39. The van der Waals surface area contributed by atoms with Crippen LogP contribution in [0.3, 0.4) is 0 Å². The van der Waals surface area contributed by atoms with Crippen LogP contribution in [0.15, 0.2) is 35.9 Å². The van der Waals surface area contributed by atoms with Crippen LogP contribution in [0.2, 0.25) is 0 Å². The quantitative estimate of drug-likeness (QED) is 0.670. The maximum Gasteiger partial charge on any atom is 0.334 e. The molecule has 0 unspecified atom stereocenters. The minimum Gasteiger partial charge on any atom is -0.497 e. The molecule has 4 nitrogen and oxygen atoms in total. The molecule has 0 amide bonds. The second-order valence-corrected chi connectivity index (χ2v) is 8.98. The van der Waals surface area contributed by atoms with Crippen LogP contribution in [-0.4, -0.2) is 25.0 Å². The van der Waals surface area contributed by atoms with E-state index in [1.165, 1.54) is 11.6 Å². The van der Waals surface area contributed by atoms with Crippen LogP contribution in [0, 0.1) is 11.8 Å². The minimum atomic E-state index is -0.298. The topological polar surface area (TPSA) is 52.6 Å². The number of ketones is 1. The lowest BCUT2D eigenvalue weighted by atomic mass is 9.65. The SMILES string of the molecule is COc1ccc(C(C)(C)[C@@H]2C[C@@H](C)C[C@@H](OC(=O)C3=CC(=O)CCC3)C2)cc1. The van der Waals surface area contributed by atoms with Crippen molar-refractivity contribution in [3.8, 4) is 5.75 Å². The number of benzene rings is 1. The molecule has 3 atom stereocenters. The number of rotatable bonds is 5. The molecular weight excluding hydrogens is 352 g/mol. The Balaban J connectivity index is 1.70. The van der Waals surface area contributed by atoms with Crippen LogP contribution < -0.4 is 4.74 Å². The molecule has 1 saturated carbocycles. The molecule has 0 radical (unpaired) electrons. The second-order valence-electron chi connectivity index (χ2n) is 8.98. The maximum atomic E-state index is 12.6. The zero-order valence-electron chi connectivity index (χ0n) is 17.5. The van der Waals surface area contributed by atoms with Gasteiger partial charge in [-0.15, -0.1) is 0 Å². The van der Waals surface area contributed by atoms with Gasteiger partial charge in [-0.3, -0.25) is 4.79 Å². The molecule has 0 aromatic heterocycles. The molecule has 28 heavy (non-hydrogen) atoms. The third-order valence-corrected chi connectivity index (χ3v) is 6.49. The van der Waals surface area contributed by atoms with E-state index in [0.29, 0.717) is 30.3 Å². The first-order chi connectivity index (χ1) is 13.3. The standard InChI is InChI=1S/C24H32O4/c1-16-12-19(24(2,3)18-8-10-21(27-4)11-9-18)15-22(13-16)28-23(26)17-6-5-7-20(25)14-17/h8-11,14,16,19,22H,5-7,12-13,15H2,1-4H3/t16-,19-,22-/m1/s1. The highest BCUT2D eigenvalue weighted by atomic mass is 16.5. The van der Waals surface area contributed by atoms with Gasteiger partial charge in [0, 0.05) is 12.0 Å². The van der Waals surface area contributed by atoms with E-state index in [1.54, 1.807) is 7.11 Å². The largest absolute Gasteiger partial charge is 0.497 e. The summed E-state index contributed by atoms with van der Waals surface area (Å²) in [4.78, 5) is 24.2. The summed E-state index contributed by atoms with van der Waals surface area (Å²) in [7, 11) is 1.68. The third kappa shape index (κ3) is 4.65. The Kier molecular flexibility index (Phi) is 6.26. The molecule has 1 aromatic carbocycles. The summed E-state index contributed by atoms with van der Waals surface area (Å²) in [5, 5.41) is 0. The van der Waals surface area contributed by atoms with Crippen LogP contribution in [0.5, 0.6) is 5.75 Å². The number of allylic oxidation sites excluding steroid dienone is 1. The van der Waals surface area contributed by atoms with Gasteiger partial charge in [0.2, 0.25) is 0 Å². The van der Waals surface area contributed by atoms with E-state index < -0.39 is 0 Å². The summed E-state index contributed by atoms with van der Waals surface area (Å²) >= 11 is 0. The monoisotopic (exact) mass is 384 g/mol. The van der Waals surface area contributed by atoms with Gasteiger partial charge >= 0.3 is 5.97 Å². The third-order valence-electron chi connectivity index (χ3n) is 6.49. The highest BCUT2D eigenvalue weighted by Gasteiger charge is 2.39. The van der Waals surface area contributed by atoms with Crippen LogP contribution in [0.25, 0.3) is 0 Å². The first-order valence-electron chi connectivity index (χ1n) is 10.4. The maximum absolute atomic E-state index is 12.6. The Morgan fingerprint density at radius 3 is 2.43 bits per heavy atom. The predicted octanol–water partition coefficient (Wildman–Crippen LogP) is 5.00. The zero-order valence-corrected chi connectivity index (χ0v) is 17.5. The van der Waals surface area contributed by atoms with Gasteiger partial charge in [0.25, 0.3) is 0 Å². The van der Waals surface area contributed by atoms with Crippen molar-refractivity contribution in [1.29, 1.82) is 0 Å². The molecule has 3 rings (SSSR count). The van der Waals surface area contributed by atoms with Gasteiger partial charge in [0.05, 0.1) is 7.11 Å². The van der Waals surface area contributed by atoms with E-state index >= 15 is 0 Å². The predicted molar refractivity (Wildman–Crippen MR) is 109 cm³/mol. The average molecular weight is 385 g/mol. The van der Waals surface area contributed by atoms with Gasteiger partial charge in [-0.05, 0) is 73.1 Å². The van der Waals surface area contributed by atoms with E-state index in [9.17, 15) is 9.59 Å². The lowest BCUT2D eigenvalue weighted by molar-refractivity contribution is -0.148. The summed E-state index contributed by atoms with van der Waals surface area (Å²) in [6, 6.07) is 8.29. The van der Waals surface area contributed by atoms with Crippen LogP contribution in [0.1, 0.15) is 64.9 Å². The Hall–Kier alpha value is -2.10. The van der Waals surface area contributed by atoms with E-state index in [1.807, 2.05) is 12.1 Å². The molecule has 0 bridgehead atoms. The fraction of sp³-hybridized carbons (Fsp3) is 0.583. The summed E-state index contributed by atoms with van der Waals surface area (Å²) in [6.45, 7) is 6.79. The van der Waals surface area contributed by atoms with Crippen molar-refractivity contribution >= 4 is 11.8 Å². The van der Waals surface area contributed by atoms with E-state index in [4.69, 9.17) is 9.47 Å². The first kappa shape index (κ1) is 20.6.